The molecule has 0 saturated carbocycles. The molecular formula is C30H41N5O4S. The second-order valence-corrected chi connectivity index (χ2v) is 10.9. The molecule has 3 aromatic rings. The number of thiophene rings is 1. The normalized spacial score (nSPS) is 15.0. The molecule has 0 bridgehead atoms. The van der Waals surface area contributed by atoms with Crippen molar-refractivity contribution < 1.29 is 19.4 Å². The maximum Gasteiger partial charge on any atom is 0.261 e. The van der Waals surface area contributed by atoms with E-state index in [-0.39, 0.29) is 17.7 Å². The Kier molecular flexibility index (Phi) is 13.0. The van der Waals surface area contributed by atoms with Crippen molar-refractivity contribution in [1.29, 1.82) is 0 Å². The molecule has 2 unspecified atom stereocenters. The molecule has 10 heteroatoms. The Morgan fingerprint density at radius 1 is 1.18 bits per heavy atom. The molecule has 1 aromatic carbocycles. The number of rotatable bonds is 12. The molecule has 4 N–H and O–H groups in total. The van der Waals surface area contributed by atoms with Crippen LogP contribution in [0.1, 0.15) is 63.9 Å². The van der Waals surface area contributed by atoms with Gasteiger partial charge in [-0.2, -0.15) is 0 Å². The third kappa shape index (κ3) is 9.71. The van der Waals surface area contributed by atoms with Gasteiger partial charge in [-0.1, -0.05) is 37.6 Å². The predicted molar refractivity (Wildman–Crippen MR) is 158 cm³/mol. The molecule has 216 valence electrons. The van der Waals surface area contributed by atoms with Crippen LogP contribution in [-0.2, 0) is 16.1 Å². The monoisotopic (exact) mass is 567 g/mol. The van der Waals surface area contributed by atoms with Gasteiger partial charge in [-0.05, 0) is 42.7 Å². The van der Waals surface area contributed by atoms with Crippen molar-refractivity contribution in [3.05, 3.63) is 81.8 Å². The number of ether oxygens (including phenoxy) is 1. The summed E-state index contributed by atoms with van der Waals surface area (Å²) in [6, 6.07) is 13.7. The van der Waals surface area contributed by atoms with Crippen LogP contribution in [0, 0.1) is 0 Å². The van der Waals surface area contributed by atoms with E-state index >= 15 is 0 Å². The number of hydrogen-bond donors (Lipinski definition) is 3. The van der Waals surface area contributed by atoms with E-state index in [1.165, 1.54) is 24.2 Å². The van der Waals surface area contributed by atoms with Crippen LogP contribution >= 0.6 is 11.3 Å². The van der Waals surface area contributed by atoms with Crippen molar-refractivity contribution >= 4 is 23.7 Å². The lowest BCUT2D eigenvalue weighted by Crippen LogP contribution is -2.44. The SMILES string of the molecule is CCCCOC.NC(CC(NC(=O)c1ccc(CN2CCN(C=O)CC2)s1)c1ccccc1O)c1cccnc1. The number of carbonyl (C=O) groups is 2. The minimum atomic E-state index is -0.467. The number of nitrogens with two attached hydrogens (primary N) is 1. The lowest BCUT2D eigenvalue weighted by atomic mass is 9.95. The van der Waals surface area contributed by atoms with Gasteiger partial charge in [0.25, 0.3) is 5.91 Å². The summed E-state index contributed by atoms with van der Waals surface area (Å²) in [5.74, 6) is -0.0822. The van der Waals surface area contributed by atoms with Crippen molar-refractivity contribution in [3.63, 3.8) is 0 Å². The number of benzene rings is 1. The van der Waals surface area contributed by atoms with Gasteiger partial charge in [-0.3, -0.25) is 19.5 Å². The average Bonchev–Trinajstić information content (AvgIpc) is 3.46. The summed E-state index contributed by atoms with van der Waals surface area (Å²) >= 11 is 1.46. The molecule has 1 fully saturated rings. The highest BCUT2D eigenvalue weighted by molar-refractivity contribution is 7.14. The summed E-state index contributed by atoms with van der Waals surface area (Å²) in [6.45, 7) is 6.90. The lowest BCUT2D eigenvalue weighted by molar-refractivity contribution is -0.119. The van der Waals surface area contributed by atoms with Gasteiger partial charge in [0.2, 0.25) is 6.41 Å². The molecule has 0 aliphatic carbocycles. The third-order valence-corrected chi connectivity index (χ3v) is 7.81. The quantitative estimate of drug-likeness (QED) is 0.222. The molecule has 4 rings (SSSR count). The van der Waals surface area contributed by atoms with Gasteiger partial charge in [0.15, 0.2) is 0 Å². The minimum Gasteiger partial charge on any atom is -0.508 e. The van der Waals surface area contributed by atoms with Gasteiger partial charge in [0.05, 0.1) is 10.9 Å². The van der Waals surface area contributed by atoms with Gasteiger partial charge < -0.3 is 25.8 Å². The zero-order valence-electron chi connectivity index (χ0n) is 23.4. The van der Waals surface area contributed by atoms with Gasteiger partial charge in [-0.15, -0.1) is 11.3 Å². The van der Waals surface area contributed by atoms with Crippen LogP contribution in [0.4, 0.5) is 0 Å². The first-order chi connectivity index (χ1) is 19.4. The molecule has 1 aliphatic heterocycles. The highest BCUT2D eigenvalue weighted by atomic mass is 32.1. The fourth-order valence-corrected chi connectivity index (χ4v) is 5.33. The fraction of sp³-hybridized carbons (Fsp3) is 0.433. The van der Waals surface area contributed by atoms with Crippen molar-refractivity contribution in [3.8, 4) is 5.75 Å². The molecule has 1 aliphatic rings. The van der Waals surface area contributed by atoms with Crippen molar-refractivity contribution in [2.45, 2.75) is 44.8 Å². The topological polar surface area (TPSA) is 121 Å². The van der Waals surface area contributed by atoms with Gasteiger partial charge in [0.1, 0.15) is 5.75 Å². The number of piperazine rings is 1. The fourth-order valence-electron chi connectivity index (χ4n) is 4.38. The standard InChI is InChI=1S/C25H29N5O3S.C5H12O/c26-21(18-4-3-9-27-15-18)14-22(20-5-1-2-6-23(20)32)28-25(33)24-8-7-19(34-24)16-29-10-12-30(17-31)13-11-29;1-3-4-5-6-2/h1-9,15,17,21-22,32H,10-14,16,26H2,(H,28,33);3-5H2,1-2H3. The number of aromatic nitrogens is 1. The number of phenols is 1. The second-order valence-electron chi connectivity index (χ2n) is 9.74. The molecule has 2 atom stereocenters. The predicted octanol–water partition coefficient (Wildman–Crippen LogP) is 4.12. The highest BCUT2D eigenvalue weighted by Gasteiger charge is 2.23. The Morgan fingerprint density at radius 2 is 1.95 bits per heavy atom. The largest absolute Gasteiger partial charge is 0.508 e. The number of para-hydroxylation sites is 1. The van der Waals surface area contributed by atoms with E-state index in [2.05, 4.69) is 22.1 Å². The molecule has 0 spiro atoms. The Morgan fingerprint density at radius 3 is 2.58 bits per heavy atom. The minimum absolute atomic E-state index is 0.118. The molecule has 1 saturated heterocycles. The number of hydrogen-bond acceptors (Lipinski definition) is 8. The van der Waals surface area contributed by atoms with Crippen LogP contribution in [0.2, 0.25) is 0 Å². The number of amides is 2. The first-order valence-corrected chi connectivity index (χ1v) is 14.5. The Hall–Kier alpha value is -3.31. The first kappa shape index (κ1) is 31.2. The van der Waals surface area contributed by atoms with Crippen LogP contribution in [-0.4, -0.2) is 72.1 Å². The Balaban J connectivity index is 0.000000663. The third-order valence-electron chi connectivity index (χ3n) is 6.74. The second kappa shape index (κ2) is 16.7. The molecule has 3 heterocycles. The van der Waals surface area contributed by atoms with Crippen LogP contribution < -0.4 is 11.1 Å². The summed E-state index contributed by atoms with van der Waals surface area (Å²) in [4.78, 5) is 33.9. The number of unbranched alkanes of at least 4 members (excludes halogenated alkanes) is 1. The number of pyridine rings is 1. The number of nitrogens with one attached hydrogen (secondary N) is 1. The van der Waals surface area contributed by atoms with E-state index in [4.69, 9.17) is 10.5 Å². The lowest BCUT2D eigenvalue weighted by Gasteiger charge is -2.32. The van der Waals surface area contributed by atoms with Crippen LogP contribution in [0.5, 0.6) is 5.75 Å². The molecular weight excluding hydrogens is 526 g/mol. The van der Waals surface area contributed by atoms with Crippen molar-refractivity contribution in [1.82, 2.24) is 20.1 Å². The van der Waals surface area contributed by atoms with E-state index in [1.807, 2.05) is 30.3 Å². The summed E-state index contributed by atoms with van der Waals surface area (Å²) in [6.07, 6.45) is 7.13. The number of nitrogens with zero attached hydrogens (tertiary/aromatic N) is 3. The van der Waals surface area contributed by atoms with E-state index in [9.17, 15) is 14.7 Å². The van der Waals surface area contributed by atoms with E-state index in [0.717, 1.165) is 56.2 Å². The molecule has 40 heavy (non-hydrogen) atoms. The van der Waals surface area contributed by atoms with Crippen molar-refractivity contribution in [2.75, 3.05) is 39.9 Å². The van der Waals surface area contributed by atoms with Gasteiger partial charge in [-0.25, -0.2) is 0 Å². The van der Waals surface area contributed by atoms with E-state index in [0.29, 0.717) is 16.9 Å². The van der Waals surface area contributed by atoms with Crippen LogP contribution in [0.3, 0.4) is 0 Å². The summed E-state index contributed by atoms with van der Waals surface area (Å²) < 4.78 is 4.78. The summed E-state index contributed by atoms with van der Waals surface area (Å²) in [5, 5.41) is 13.5. The maximum atomic E-state index is 13.2. The van der Waals surface area contributed by atoms with Crippen molar-refractivity contribution in [2.24, 2.45) is 5.73 Å². The zero-order valence-corrected chi connectivity index (χ0v) is 24.2. The Bertz CT molecular complexity index is 1160. The average molecular weight is 568 g/mol. The molecule has 9 nitrogen and oxygen atoms in total. The summed E-state index contributed by atoms with van der Waals surface area (Å²) in [7, 11) is 1.73. The number of carbonyl (C=O) groups excluding carboxylic acids is 2. The van der Waals surface area contributed by atoms with Gasteiger partial charge >= 0.3 is 0 Å². The highest BCUT2D eigenvalue weighted by Crippen LogP contribution is 2.31. The van der Waals surface area contributed by atoms with E-state index in [1.54, 1.807) is 42.6 Å². The molecule has 2 aromatic heterocycles. The maximum absolute atomic E-state index is 13.2. The number of aromatic hydroxyl groups is 1. The van der Waals surface area contributed by atoms with Crippen LogP contribution in [0.25, 0.3) is 0 Å². The number of phenolic OH excluding ortho intramolecular Hbond substituents is 1. The van der Waals surface area contributed by atoms with Gasteiger partial charge in [0, 0.05) is 75.3 Å². The first-order valence-electron chi connectivity index (χ1n) is 13.7. The Labute approximate surface area is 241 Å². The molecule has 0 radical (unpaired) electrons. The zero-order chi connectivity index (χ0) is 28.7. The smallest absolute Gasteiger partial charge is 0.261 e. The summed E-state index contributed by atoms with van der Waals surface area (Å²) in [5.41, 5.74) is 7.92. The molecule has 2 amide bonds. The van der Waals surface area contributed by atoms with E-state index < -0.39 is 6.04 Å². The van der Waals surface area contributed by atoms with Crippen LogP contribution in [0.15, 0.2) is 60.9 Å². The number of methoxy groups -OCH3 is 1.